The van der Waals surface area contributed by atoms with Crippen LogP contribution in [0.15, 0.2) is 10.6 Å². The number of carbonyl (C=O) groups excluding carboxylic acids is 1. The molecule has 0 aliphatic heterocycles. The fourth-order valence-electron chi connectivity index (χ4n) is 1.09. The van der Waals surface area contributed by atoms with Gasteiger partial charge in [0, 0.05) is 11.6 Å². The van der Waals surface area contributed by atoms with Crippen molar-refractivity contribution < 1.29 is 9.32 Å². The molecule has 1 aromatic heterocycles. The van der Waals surface area contributed by atoms with Crippen molar-refractivity contribution in [3.05, 3.63) is 17.5 Å². The molecule has 0 unspecified atom stereocenters. The highest BCUT2D eigenvalue weighted by atomic mass is 16.5. The van der Waals surface area contributed by atoms with Gasteiger partial charge in [0.25, 0.3) is 0 Å². The predicted molar refractivity (Wildman–Crippen MR) is 60.8 cm³/mol. The molecule has 0 spiro atoms. The second-order valence-electron chi connectivity index (χ2n) is 4.81. The molecule has 1 aromatic rings. The largest absolute Gasteiger partial charge is 0.359 e. The molecule has 16 heavy (non-hydrogen) atoms. The van der Waals surface area contributed by atoms with E-state index in [0.717, 1.165) is 5.69 Å². The molecule has 1 rings (SSSR count). The summed E-state index contributed by atoms with van der Waals surface area (Å²) in [6, 6.07) is 1.80. The lowest BCUT2D eigenvalue weighted by atomic mass is 10.1. The first-order valence-corrected chi connectivity index (χ1v) is 5.31. The lowest BCUT2D eigenvalue weighted by molar-refractivity contribution is -0.120. The molecule has 1 amide bonds. The normalized spacial score (nSPS) is 11.5. The van der Waals surface area contributed by atoms with E-state index in [1.165, 1.54) is 0 Å². The van der Waals surface area contributed by atoms with Gasteiger partial charge in [-0.25, -0.2) is 0 Å². The predicted octanol–water partition coefficient (Wildman–Crippen LogP) is 0.987. The third-order valence-corrected chi connectivity index (χ3v) is 1.92. The summed E-state index contributed by atoms with van der Waals surface area (Å²) in [5, 5.41) is 9.59. The van der Waals surface area contributed by atoms with Crippen LogP contribution in [-0.4, -0.2) is 23.1 Å². The monoisotopic (exact) mass is 225 g/mol. The van der Waals surface area contributed by atoms with Gasteiger partial charge in [0.2, 0.25) is 5.91 Å². The van der Waals surface area contributed by atoms with Crippen LogP contribution in [0.25, 0.3) is 0 Å². The highest BCUT2D eigenvalue weighted by molar-refractivity contribution is 5.77. The Morgan fingerprint density at radius 3 is 2.69 bits per heavy atom. The number of hydrogen-bond acceptors (Lipinski definition) is 4. The van der Waals surface area contributed by atoms with E-state index in [0.29, 0.717) is 18.8 Å². The standard InChI is InChI=1S/C11H19N3O2/c1-8-5-9(16-14-8)6-12-10(15)7-13-11(2,3)4/h5,13H,6-7H2,1-4H3,(H,12,15). The van der Waals surface area contributed by atoms with E-state index in [4.69, 9.17) is 4.52 Å². The Balaban J connectivity index is 2.25. The molecule has 0 bridgehead atoms. The summed E-state index contributed by atoms with van der Waals surface area (Å²) in [4.78, 5) is 11.4. The molecule has 5 nitrogen and oxygen atoms in total. The molecular formula is C11H19N3O2. The van der Waals surface area contributed by atoms with Crippen LogP contribution in [0.3, 0.4) is 0 Å². The van der Waals surface area contributed by atoms with E-state index >= 15 is 0 Å². The van der Waals surface area contributed by atoms with E-state index in [1.54, 1.807) is 6.07 Å². The molecule has 0 fully saturated rings. The van der Waals surface area contributed by atoms with Crippen molar-refractivity contribution in [2.75, 3.05) is 6.54 Å². The number of nitrogens with one attached hydrogen (secondary N) is 2. The van der Waals surface area contributed by atoms with Crippen LogP contribution in [0, 0.1) is 6.92 Å². The van der Waals surface area contributed by atoms with Crippen LogP contribution in [0.4, 0.5) is 0 Å². The van der Waals surface area contributed by atoms with Crippen LogP contribution in [0.2, 0.25) is 0 Å². The first-order valence-electron chi connectivity index (χ1n) is 5.31. The second-order valence-corrected chi connectivity index (χ2v) is 4.81. The quantitative estimate of drug-likeness (QED) is 0.801. The van der Waals surface area contributed by atoms with E-state index in [2.05, 4.69) is 15.8 Å². The number of nitrogens with zero attached hydrogens (tertiary/aromatic N) is 1. The highest BCUT2D eigenvalue weighted by Gasteiger charge is 2.11. The van der Waals surface area contributed by atoms with Gasteiger partial charge in [0.1, 0.15) is 0 Å². The molecule has 0 aliphatic carbocycles. The van der Waals surface area contributed by atoms with Gasteiger partial charge in [0.15, 0.2) is 5.76 Å². The number of aryl methyl sites for hydroxylation is 1. The Morgan fingerprint density at radius 1 is 1.50 bits per heavy atom. The van der Waals surface area contributed by atoms with Gasteiger partial charge in [-0.05, 0) is 27.7 Å². The summed E-state index contributed by atoms with van der Waals surface area (Å²) in [6.45, 7) is 8.57. The Hall–Kier alpha value is -1.36. The SMILES string of the molecule is Cc1cc(CNC(=O)CNC(C)(C)C)on1. The van der Waals surface area contributed by atoms with Crippen molar-refractivity contribution >= 4 is 5.91 Å². The van der Waals surface area contributed by atoms with Crippen LogP contribution >= 0.6 is 0 Å². The molecule has 0 saturated heterocycles. The number of rotatable bonds is 4. The molecule has 0 aromatic carbocycles. The molecule has 90 valence electrons. The second kappa shape index (κ2) is 5.12. The molecule has 0 saturated carbocycles. The maximum absolute atomic E-state index is 11.4. The van der Waals surface area contributed by atoms with Crippen molar-refractivity contribution in [2.24, 2.45) is 0 Å². The molecule has 5 heteroatoms. The number of amides is 1. The van der Waals surface area contributed by atoms with Gasteiger partial charge in [-0.3, -0.25) is 4.79 Å². The zero-order valence-corrected chi connectivity index (χ0v) is 10.3. The first kappa shape index (κ1) is 12.7. The summed E-state index contributed by atoms with van der Waals surface area (Å²) in [6.07, 6.45) is 0. The minimum Gasteiger partial charge on any atom is -0.359 e. The van der Waals surface area contributed by atoms with Crippen LogP contribution < -0.4 is 10.6 Å². The van der Waals surface area contributed by atoms with Gasteiger partial charge in [-0.2, -0.15) is 0 Å². The van der Waals surface area contributed by atoms with Gasteiger partial charge >= 0.3 is 0 Å². The average Bonchev–Trinajstić information content (AvgIpc) is 2.57. The van der Waals surface area contributed by atoms with Gasteiger partial charge in [-0.15, -0.1) is 0 Å². The molecular weight excluding hydrogens is 206 g/mol. The highest BCUT2D eigenvalue weighted by Crippen LogP contribution is 2.01. The molecule has 0 atom stereocenters. The minimum absolute atomic E-state index is 0.0519. The summed E-state index contributed by atoms with van der Waals surface area (Å²) >= 11 is 0. The minimum atomic E-state index is -0.0554. The molecule has 0 aliphatic rings. The third-order valence-electron chi connectivity index (χ3n) is 1.92. The lowest BCUT2D eigenvalue weighted by Crippen LogP contribution is -2.43. The Labute approximate surface area is 95.6 Å². The number of aromatic nitrogens is 1. The van der Waals surface area contributed by atoms with Crippen LogP contribution in [-0.2, 0) is 11.3 Å². The fraction of sp³-hybridized carbons (Fsp3) is 0.636. The number of hydrogen-bond donors (Lipinski definition) is 2. The van der Waals surface area contributed by atoms with E-state index in [9.17, 15) is 4.79 Å². The van der Waals surface area contributed by atoms with Crippen molar-refractivity contribution in [3.63, 3.8) is 0 Å². The van der Waals surface area contributed by atoms with Crippen LogP contribution in [0.1, 0.15) is 32.2 Å². The third kappa shape index (κ3) is 4.93. The van der Waals surface area contributed by atoms with Gasteiger partial charge in [-0.1, -0.05) is 5.16 Å². The van der Waals surface area contributed by atoms with E-state index in [-0.39, 0.29) is 11.4 Å². The summed E-state index contributed by atoms with van der Waals surface area (Å²) in [7, 11) is 0. The first-order chi connectivity index (χ1) is 7.37. The Kier molecular flexibility index (Phi) is 4.06. The summed E-state index contributed by atoms with van der Waals surface area (Å²) < 4.78 is 4.97. The molecule has 1 heterocycles. The zero-order valence-electron chi connectivity index (χ0n) is 10.3. The lowest BCUT2D eigenvalue weighted by Gasteiger charge is -2.19. The number of carbonyl (C=O) groups is 1. The maximum atomic E-state index is 11.4. The summed E-state index contributed by atoms with van der Waals surface area (Å²) in [5.41, 5.74) is 0.761. The smallest absolute Gasteiger partial charge is 0.234 e. The van der Waals surface area contributed by atoms with Crippen molar-refractivity contribution in [2.45, 2.75) is 39.8 Å². The van der Waals surface area contributed by atoms with Crippen molar-refractivity contribution in [1.29, 1.82) is 0 Å². The van der Waals surface area contributed by atoms with E-state index < -0.39 is 0 Å². The van der Waals surface area contributed by atoms with E-state index in [1.807, 2.05) is 27.7 Å². The zero-order chi connectivity index (χ0) is 12.2. The van der Waals surface area contributed by atoms with Crippen LogP contribution in [0.5, 0.6) is 0 Å². The molecule has 0 radical (unpaired) electrons. The van der Waals surface area contributed by atoms with Crippen molar-refractivity contribution in [1.82, 2.24) is 15.8 Å². The van der Waals surface area contributed by atoms with Gasteiger partial charge < -0.3 is 15.2 Å². The maximum Gasteiger partial charge on any atom is 0.234 e. The molecule has 2 N–H and O–H groups in total. The van der Waals surface area contributed by atoms with Crippen molar-refractivity contribution in [3.8, 4) is 0 Å². The topological polar surface area (TPSA) is 67.2 Å². The van der Waals surface area contributed by atoms with Gasteiger partial charge in [0.05, 0.1) is 18.8 Å². The summed E-state index contributed by atoms with van der Waals surface area (Å²) in [5.74, 6) is 0.616. The Morgan fingerprint density at radius 2 is 2.19 bits per heavy atom. The average molecular weight is 225 g/mol. The fourth-order valence-corrected chi connectivity index (χ4v) is 1.09. The Bertz CT molecular complexity index is 352.